The lowest BCUT2D eigenvalue weighted by Crippen LogP contribution is -2.00. The molecule has 3 rings (SSSR count). The highest BCUT2D eigenvalue weighted by Gasteiger charge is 2.18. The van der Waals surface area contributed by atoms with Crippen LogP contribution in [0.15, 0.2) is 65.1 Å². The Morgan fingerprint density at radius 2 is 1.25 bits per heavy atom. The number of hydrogen-bond acceptors (Lipinski definition) is 3. The number of nitrogen functional groups attached to an aromatic ring is 1. The van der Waals surface area contributed by atoms with Crippen molar-refractivity contribution in [2.45, 2.75) is 0 Å². The van der Waals surface area contributed by atoms with Crippen LogP contribution in [0.5, 0.6) is 0 Å². The van der Waals surface area contributed by atoms with E-state index in [2.05, 4.69) is 28.1 Å². The van der Waals surface area contributed by atoms with Gasteiger partial charge in [0.15, 0.2) is 0 Å². The summed E-state index contributed by atoms with van der Waals surface area (Å²) in [4.78, 5) is 0. The number of anilines is 1. The van der Waals surface area contributed by atoms with Crippen LogP contribution >= 0.6 is 15.9 Å². The molecule has 0 bridgehead atoms. The summed E-state index contributed by atoms with van der Waals surface area (Å²) in [6.45, 7) is 0. The molecule has 0 radical (unpaired) electrons. The monoisotopic (exact) mass is 373 g/mol. The number of nitrogens with two attached hydrogens (primary N) is 1. The molecule has 0 heterocycles. The third-order valence-electron chi connectivity index (χ3n) is 3.83. The molecule has 0 aliphatic heterocycles. The standard InChI is InChI=1S/C20H12BrN3/c21-15-8-6-14(7-9-15)17-10-16(13-4-2-1-3-5-13)18(11-22)20(24)19(17)12-23/h1-10H,24H2. The molecule has 0 saturated heterocycles. The lowest BCUT2D eigenvalue weighted by Gasteiger charge is -2.14. The molecular weight excluding hydrogens is 362 g/mol. The minimum absolute atomic E-state index is 0.222. The van der Waals surface area contributed by atoms with E-state index < -0.39 is 0 Å². The summed E-state index contributed by atoms with van der Waals surface area (Å²) in [5.41, 5.74) is 10.3. The first-order valence-corrected chi connectivity index (χ1v) is 8.03. The highest BCUT2D eigenvalue weighted by Crippen LogP contribution is 2.37. The molecule has 0 unspecified atom stereocenters. The zero-order chi connectivity index (χ0) is 17.1. The number of rotatable bonds is 2. The molecule has 3 aromatic carbocycles. The van der Waals surface area contributed by atoms with Gasteiger partial charge < -0.3 is 5.73 Å². The Balaban J connectivity index is 2.34. The van der Waals surface area contributed by atoms with Crippen molar-refractivity contribution in [1.29, 1.82) is 10.5 Å². The molecule has 24 heavy (non-hydrogen) atoms. The third-order valence-corrected chi connectivity index (χ3v) is 4.36. The molecule has 0 saturated carbocycles. The van der Waals surface area contributed by atoms with E-state index in [9.17, 15) is 10.5 Å². The van der Waals surface area contributed by atoms with Crippen LogP contribution in [0.1, 0.15) is 11.1 Å². The van der Waals surface area contributed by atoms with Gasteiger partial charge in [0, 0.05) is 15.6 Å². The van der Waals surface area contributed by atoms with Gasteiger partial charge in [0.2, 0.25) is 0 Å². The van der Waals surface area contributed by atoms with Crippen LogP contribution in [0, 0.1) is 22.7 Å². The van der Waals surface area contributed by atoms with Crippen molar-refractivity contribution in [3.63, 3.8) is 0 Å². The number of hydrogen-bond donors (Lipinski definition) is 1. The van der Waals surface area contributed by atoms with Gasteiger partial charge in [-0.15, -0.1) is 0 Å². The highest BCUT2D eigenvalue weighted by atomic mass is 79.9. The van der Waals surface area contributed by atoms with Crippen molar-refractivity contribution >= 4 is 21.6 Å². The summed E-state index contributed by atoms with van der Waals surface area (Å²) < 4.78 is 0.953. The van der Waals surface area contributed by atoms with E-state index in [1.165, 1.54) is 0 Å². The van der Waals surface area contributed by atoms with E-state index in [-0.39, 0.29) is 5.69 Å². The second-order valence-corrected chi connectivity index (χ2v) is 6.15. The SMILES string of the molecule is N#Cc1c(-c2ccccc2)cc(-c2ccc(Br)cc2)c(C#N)c1N. The van der Waals surface area contributed by atoms with Crippen LogP contribution in [0.4, 0.5) is 5.69 Å². The van der Waals surface area contributed by atoms with Crippen LogP contribution in [0.25, 0.3) is 22.3 Å². The van der Waals surface area contributed by atoms with Gasteiger partial charge in [-0.3, -0.25) is 0 Å². The summed E-state index contributed by atoms with van der Waals surface area (Å²) in [5.74, 6) is 0. The van der Waals surface area contributed by atoms with E-state index in [1.54, 1.807) is 0 Å². The molecule has 2 N–H and O–H groups in total. The second kappa shape index (κ2) is 6.58. The molecule has 0 fully saturated rings. The van der Waals surface area contributed by atoms with Gasteiger partial charge in [-0.25, -0.2) is 0 Å². The maximum absolute atomic E-state index is 9.55. The Labute approximate surface area is 148 Å². The van der Waals surface area contributed by atoms with E-state index in [0.717, 1.165) is 26.7 Å². The van der Waals surface area contributed by atoms with Crippen LogP contribution < -0.4 is 5.73 Å². The largest absolute Gasteiger partial charge is 0.397 e. The van der Waals surface area contributed by atoms with Gasteiger partial charge in [-0.05, 0) is 29.3 Å². The Kier molecular flexibility index (Phi) is 4.33. The summed E-state index contributed by atoms with van der Waals surface area (Å²) >= 11 is 3.41. The van der Waals surface area contributed by atoms with Gasteiger partial charge in [0.1, 0.15) is 12.1 Å². The normalized spacial score (nSPS) is 9.96. The summed E-state index contributed by atoms with van der Waals surface area (Å²) in [5, 5.41) is 19.1. The maximum Gasteiger partial charge on any atom is 0.102 e. The number of nitrogens with zero attached hydrogens (tertiary/aromatic N) is 2. The van der Waals surface area contributed by atoms with E-state index in [0.29, 0.717) is 11.1 Å². The Morgan fingerprint density at radius 1 is 0.750 bits per heavy atom. The average molecular weight is 374 g/mol. The van der Waals surface area contributed by atoms with E-state index in [4.69, 9.17) is 5.73 Å². The molecule has 114 valence electrons. The summed E-state index contributed by atoms with van der Waals surface area (Å²) in [6.07, 6.45) is 0. The van der Waals surface area contributed by atoms with Crippen molar-refractivity contribution in [3.8, 4) is 34.4 Å². The average Bonchev–Trinajstić information content (AvgIpc) is 2.62. The summed E-state index contributed by atoms with van der Waals surface area (Å²) in [6, 6.07) is 23.4. The Bertz CT molecular complexity index is 979. The van der Waals surface area contributed by atoms with Crippen molar-refractivity contribution in [3.05, 3.63) is 76.3 Å². The van der Waals surface area contributed by atoms with Crippen molar-refractivity contribution in [1.82, 2.24) is 0 Å². The number of benzene rings is 3. The fourth-order valence-electron chi connectivity index (χ4n) is 2.65. The minimum atomic E-state index is 0.222. The van der Waals surface area contributed by atoms with Crippen molar-refractivity contribution in [2.24, 2.45) is 0 Å². The third kappa shape index (κ3) is 2.76. The first-order valence-electron chi connectivity index (χ1n) is 7.23. The van der Waals surface area contributed by atoms with Crippen LogP contribution in [-0.2, 0) is 0 Å². The molecule has 3 aromatic rings. The van der Waals surface area contributed by atoms with Gasteiger partial charge in [0.05, 0.1) is 16.8 Å². The number of halogens is 1. The Morgan fingerprint density at radius 3 is 1.75 bits per heavy atom. The van der Waals surface area contributed by atoms with E-state index >= 15 is 0 Å². The molecule has 0 amide bonds. The fraction of sp³-hybridized carbons (Fsp3) is 0. The molecule has 0 aliphatic carbocycles. The molecule has 0 aromatic heterocycles. The van der Waals surface area contributed by atoms with Crippen LogP contribution in [0.2, 0.25) is 0 Å². The Hall–Kier alpha value is -3.08. The minimum Gasteiger partial charge on any atom is -0.397 e. The van der Waals surface area contributed by atoms with Crippen molar-refractivity contribution < 1.29 is 0 Å². The van der Waals surface area contributed by atoms with E-state index in [1.807, 2.05) is 60.7 Å². The highest BCUT2D eigenvalue weighted by molar-refractivity contribution is 9.10. The molecule has 3 nitrogen and oxygen atoms in total. The molecule has 0 spiro atoms. The zero-order valence-corrected chi connectivity index (χ0v) is 14.2. The predicted molar refractivity (Wildman–Crippen MR) is 98.9 cm³/mol. The summed E-state index contributed by atoms with van der Waals surface area (Å²) in [7, 11) is 0. The first kappa shape index (κ1) is 15.8. The zero-order valence-electron chi connectivity index (χ0n) is 12.6. The first-order chi connectivity index (χ1) is 11.7. The van der Waals surface area contributed by atoms with Gasteiger partial charge in [-0.1, -0.05) is 58.4 Å². The lowest BCUT2D eigenvalue weighted by atomic mass is 9.90. The molecule has 4 heteroatoms. The smallest absolute Gasteiger partial charge is 0.102 e. The maximum atomic E-state index is 9.55. The van der Waals surface area contributed by atoms with Gasteiger partial charge in [0.25, 0.3) is 0 Å². The molecule has 0 atom stereocenters. The fourth-order valence-corrected chi connectivity index (χ4v) is 2.91. The molecule has 0 aliphatic rings. The lowest BCUT2D eigenvalue weighted by molar-refractivity contribution is 1.44. The number of nitriles is 2. The molecular formula is C20H12BrN3. The van der Waals surface area contributed by atoms with Crippen molar-refractivity contribution in [2.75, 3.05) is 5.73 Å². The van der Waals surface area contributed by atoms with Crippen LogP contribution in [0.3, 0.4) is 0 Å². The predicted octanol–water partition coefficient (Wildman–Crippen LogP) is 5.11. The van der Waals surface area contributed by atoms with Gasteiger partial charge >= 0.3 is 0 Å². The quantitative estimate of drug-likeness (QED) is 0.634. The second-order valence-electron chi connectivity index (χ2n) is 5.23. The van der Waals surface area contributed by atoms with Gasteiger partial charge in [-0.2, -0.15) is 10.5 Å². The topological polar surface area (TPSA) is 73.6 Å². The van der Waals surface area contributed by atoms with Crippen LogP contribution in [-0.4, -0.2) is 0 Å².